The van der Waals surface area contributed by atoms with Gasteiger partial charge in [-0.1, -0.05) is 25.0 Å². The molecule has 3 rings (SSSR count). The number of piperazine rings is 1. The summed E-state index contributed by atoms with van der Waals surface area (Å²) in [5.74, 6) is -0.323. The van der Waals surface area contributed by atoms with Gasteiger partial charge < -0.3 is 10.6 Å². The van der Waals surface area contributed by atoms with Gasteiger partial charge in [-0.3, -0.25) is 9.69 Å². The molecule has 0 unspecified atom stereocenters. The number of nitrogens with zero attached hydrogens (tertiary/aromatic N) is 1. The monoisotopic (exact) mass is 429 g/mol. The average molecular weight is 430 g/mol. The van der Waals surface area contributed by atoms with Gasteiger partial charge in [0.05, 0.1) is 4.90 Å². The van der Waals surface area contributed by atoms with Crippen LogP contribution in [0.25, 0.3) is 0 Å². The van der Waals surface area contributed by atoms with Gasteiger partial charge in [0.15, 0.2) is 14.6 Å². The molecule has 1 saturated heterocycles. The number of amides is 1. The second-order valence-corrected chi connectivity index (χ2v) is 10.0. The standard InChI is InChI=1S/C20H31N3O3S.ClH/c1-16-5-6-17(2)18(15-16)27(25,26)20(7-3-4-8-20)19(24)22-11-14-23-12-9-21-10-13-23;/h5-6,15,21H,3-4,7-14H2,1-2H3,(H,22,24);1H. The summed E-state index contributed by atoms with van der Waals surface area (Å²) in [6.45, 7) is 8.77. The minimum absolute atomic E-state index is 0. The van der Waals surface area contributed by atoms with Crippen LogP contribution in [0.2, 0.25) is 0 Å². The van der Waals surface area contributed by atoms with E-state index in [-0.39, 0.29) is 18.3 Å². The Kier molecular flexibility index (Phi) is 7.90. The number of aryl methyl sites for hydroxylation is 2. The van der Waals surface area contributed by atoms with Crippen LogP contribution in [0, 0.1) is 13.8 Å². The van der Waals surface area contributed by atoms with Crippen LogP contribution in [-0.2, 0) is 14.6 Å². The highest BCUT2D eigenvalue weighted by Crippen LogP contribution is 2.41. The van der Waals surface area contributed by atoms with Crippen molar-refractivity contribution in [1.82, 2.24) is 15.5 Å². The molecule has 0 atom stereocenters. The lowest BCUT2D eigenvalue weighted by Gasteiger charge is -2.30. The van der Waals surface area contributed by atoms with E-state index in [1.165, 1.54) is 0 Å². The Morgan fingerprint density at radius 1 is 1.18 bits per heavy atom. The molecular formula is C20H32ClN3O3S. The van der Waals surface area contributed by atoms with Crippen molar-refractivity contribution in [2.45, 2.75) is 49.2 Å². The highest BCUT2D eigenvalue weighted by molar-refractivity contribution is 7.93. The molecule has 0 spiro atoms. The molecule has 2 fully saturated rings. The molecule has 1 aromatic carbocycles. The normalized spacial score (nSPS) is 19.8. The second kappa shape index (κ2) is 9.57. The fraction of sp³-hybridized carbons (Fsp3) is 0.650. The summed E-state index contributed by atoms with van der Waals surface area (Å²) in [5.41, 5.74) is 1.60. The zero-order valence-electron chi connectivity index (χ0n) is 16.8. The molecule has 1 aromatic rings. The first-order valence-electron chi connectivity index (χ1n) is 9.90. The third-order valence-electron chi connectivity index (χ3n) is 5.90. The number of rotatable bonds is 6. The molecule has 1 heterocycles. The largest absolute Gasteiger partial charge is 0.353 e. The predicted octanol–water partition coefficient (Wildman–Crippen LogP) is 1.83. The number of carbonyl (C=O) groups excluding carboxylic acids is 1. The Morgan fingerprint density at radius 2 is 1.82 bits per heavy atom. The molecule has 6 nitrogen and oxygen atoms in total. The quantitative estimate of drug-likeness (QED) is 0.721. The molecule has 28 heavy (non-hydrogen) atoms. The molecule has 0 radical (unpaired) electrons. The summed E-state index contributed by atoms with van der Waals surface area (Å²) in [7, 11) is -3.74. The average Bonchev–Trinajstić information content (AvgIpc) is 3.16. The number of hydrogen-bond acceptors (Lipinski definition) is 5. The highest BCUT2D eigenvalue weighted by atomic mass is 35.5. The van der Waals surface area contributed by atoms with Crippen molar-refractivity contribution in [3.63, 3.8) is 0 Å². The SMILES string of the molecule is Cc1ccc(C)c(S(=O)(=O)C2(C(=O)NCCN3CCNCC3)CCCC2)c1.Cl. The Morgan fingerprint density at radius 3 is 2.46 bits per heavy atom. The maximum Gasteiger partial charge on any atom is 0.241 e. The van der Waals surface area contributed by atoms with E-state index >= 15 is 0 Å². The fourth-order valence-corrected chi connectivity index (χ4v) is 6.59. The van der Waals surface area contributed by atoms with Crippen LogP contribution in [0.5, 0.6) is 0 Å². The topological polar surface area (TPSA) is 78.5 Å². The van der Waals surface area contributed by atoms with Crippen LogP contribution in [0.15, 0.2) is 23.1 Å². The summed E-state index contributed by atoms with van der Waals surface area (Å²) in [6.07, 6.45) is 2.36. The summed E-state index contributed by atoms with van der Waals surface area (Å²) in [6, 6.07) is 5.44. The summed E-state index contributed by atoms with van der Waals surface area (Å²) in [4.78, 5) is 15.7. The van der Waals surface area contributed by atoms with Crippen LogP contribution in [0.1, 0.15) is 36.8 Å². The zero-order valence-corrected chi connectivity index (χ0v) is 18.4. The van der Waals surface area contributed by atoms with E-state index in [0.717, 1.165) is 51.1 Å². The lowest BCUT2D eigenvalue weighted by molar-refractivity contribution is -0.123. The lowest BCUT2D eigenvalue weighted by Crippen LogP contribution is -2.53. The molecule has 1 amide bonds. The van der Waals surface area contributed by atoms with Gasteiger partial charge in [-0.15, -0.1) is 12.4 Å². The highest BCUT2D eigenvalue weighted by Gasteiger charge is 2.53. The van der Waals surface area contributed by atoms with Gasteiger partial charge in [0.25, 0.3) is 0 Å². The number of nitrogens with one attached hydrogen (secondary N) is 2. The summed E-state index contributed by atoms with van der Waals surface area (Å²) >= 11 is 0. The molecule has 0 aromatic heterocycles. The number of hydrogen-bond donors (Lipinski definition) is 2. The Labute approximate surface area is 174 Å². The Hall–Kier alpha value is -1.15. The predicted molar refractivity (Wildman–Crippen MR) is 114 cm³/mol. The van der Waals surface area contributed by atoms with Gasteiger partial charge in [0.1, 0.15) is 0 Å². The second-order valence-electron chi connectivity index (χ2n) is 7.82. The molecule has 1 aliphatic carbocycles. The van der Waals surface area contributed by atoms with Crippen molar-refractivity contribution in [2.75, 3.05) is 39.3 Å². The van der Waals surface area contributed by atoms with E-state index in [0.29, 0.717) is 29.8 Å². The number of halogens is 1. The van der Waals surface area contributed by atoms with Crippen molar-refractivity contribution in [2.24, 2.45) is 0 Å². The smallest absolute Gasteiger partial charge is 0.241 e. The molecule has 1 saturated carbocycles. The van der Waals surface area contributed by atoms with Crippen LogP contribution >= 0.6 is 12.4 Å². The molecule has 2 N–H and O–H groups in total. The van der Waals surface area contributed by atoms with Gasteiger partial charge in [0.2, 0.25) is 5.91 Å². The molecule has 158 valence electrons. The van der Waals surface area contributed by atoms with Crippen LogP contribution in [-0.4, -0.2) is 63.2 Å². The summed E-state index contributed by atoms with van der Waals surface area (Å²) in [5, 5.41) is 6.25. The number of sulfone groups is 1. The number of benzene rings is 1. The Bertz CT molecular complexity index is 786. The lowest BCUT2D eigenvalue weighted by atomic mass is 10.1. The van der Waals surface area contributed by atoms with E-state index in [1.807, 2.05) is 19.1 Å². The first-order chi connectivity index (χ1) is 12.9. The van der Waals surface area contributed by atoms with Gasteiger partial charge in [-0.25, -0.2) is 8.42 Å². The third kappa shape index (κ3) is 4.53. The number of carbonyl (C=O) groups is 1. The van der Waals surface area contributed by atoms with Crippen LogP contribution in [0.3, 0.4) is 0 Å². The van der Waals surface area contributed by atoms with E-state index in [1.54, 1.807) is 13.0 Å². The molecule has 2 aliphatic rings. The van der Waals surface area contributed by atoms with Crippen LogP contribution in [0.4, 0.5) is 0 Å². The van der Waals surface area contributed by atoms with Crippen molar-refractivity contribution in [3.8, 4) is 0 Å². The molecule has 0 bridgehead atoms. The van der Waals surface area contributed by atoms with Gasteiger partial charge in [0, 0.05) is 39.3 Å². The zero-order chi connectivity index (χ0) is 19.5. The first kappa shape index (κ1) is 23.1. The van der Waals surface area contributed by atoms with Crippen LogP contribution < -0.4 is 10.6 Å². The Balaban J connectivity index is 0.00000280. The third-order valence-corrected chi connectivity index (χ3v) is 8.54. The van der Waals surface area contributed by atoms with Crippen molar-refractivity contribution in [1.29, 1.82) is 0 Å². The van der Waals surface area contributed by atoms with E-state index in [9.17, 15) is 13.2 Å². The maximum absolute atomic E-state index is 13.6. The minimum atomic E-state index is -3.74. The van der Waals surface area contributed by atoms with E-state index in [4.69, 9.17) is 0 Å². The van der Waals surface area contributed by atoms with Crippen molar-refractivity contribution >= 4 is 28.2 Å². The maximum atomic E-state index is 13.6. The van der Waals surface area contributed by atoms with Gasteiger partial charge in [-0.2, -0.15) is 0 Å². The minimum Gasteiger partial charge on any atom is -0.353 e. The van der Waals surface area contributed by atoms with Crippen molar-refractivity contribution in [3.05, 3.63) is 29.3 Å². The van der Waals surface area contributed by atoms with E-state index < -0.39 is 14.6 Å². The van der Waals surface area contributed by atoms with Crippen molar-refractivity contribution < 1.29 is 13.2 Å². The fourth-order valence-electron chi connectivity index (χ4n) is 4.19. The molecule has 1 aliphatic heterocycles. The summed E-state index contributed by atoms with van der Waals surface area (Å²) < 4.78 is 25.8. The van der Waals surface area contributed by atoms with E-state index in [2.05, 4.69) is 15.5 Å². The molecule has 8 heteroatoms. The first-order valence-corrected chi connectivity index (χ1v) is 11.4. The van der Waals surface area contributed by atoms with Gasteiger partial charge in [-0.05, 0) is 43.9 Å². The molecular weight excluding hydrogens is 398 g/mol. The van der Waals surface area contributed by atoms with Gasteiger partial charge >= 0.3 is 0 Å².